The van der Waals surface area contributed by atoms with Gasteiger partial charge in [-0.1, -0.05) is 6.07 Å². The van der Waals surface area contributed by atoms with Crippen LogP contribution in [0.1, 0.15) is 30.1 Å². The summed E-state index contributed by atoms with van der Waals surface area (Å²) in [7, 11) is 0. The fraction of sp³-hybridized carbons (Fsp3) is 0.385. The summed E-state index contributed by atoms with van der Waals surface area (Å²) in [4.78, 5) is 24.5. The lowest BCUT2D eigenvalue weighted by molar-refractivity contribution is -0.117. The highest BCUT2D eigenvalue weighted by molar-refractivity contribution is 5.99. The number of carbonyl (C=O) groups excluding carboxylic acids is 1. The van der Waals surface area contributed by atoms with Gasteiger partial charge in [0.2, 0.25) is 5.91 Å². The molecule has 1 saturated carbocycles. The van der Waals surface area contributed by atoms with E-state index in [0.717, 1.165) is 12.8 Å². The second kappa shape index (κ2) is 3.48. The highest BCUT2D eigenvalue weighted by Crippen LogP contribution is 2.49. The largest absolute Gasteiger partial charge is 0.482 e. The third-order valence-electron chi connectivity index (χ3n) is 3.47. The zero-order chi connectivity index (χ0) is 12.9. The van der Waals surface area contributed by atoms with Crippen LogP contribution >= 0.6 is 0 Å². The highest BCUT2D eigenvalue weighted by atomic mass is 16.5. The molecule has 18 heavy (non-hydrogen) atoms. The van der Waals surface area contributed by atoms with Gasteiger partial charge >= 0.3 is 5.97 Å². The molecule has 0 bridgehead atoms. The number of amides is 1. The van der Waals surface area contributed by atoms with Gasteiger partial charge in [-0.05, 0) is 25.0 Å². The topological polar surface area (TPSA) is 66.8 Å². The van der Waals surface area contributed by atoms with Gasteiger partial charge in [0.25, 0.3) is 0 Å². The van der Waals surface area contributed by atoms with E-state index in [-0.39, 0.29) is 17.1 Å². The molecule has 0 saturated heterocycles. The van der Waals surface area contributed by atoms with Crippen LogP contribution in [0, 0.1) is 0 Å². The number of benzene rings is 1. The standard InChI is InChI=1S/C13H13NO4/c1-8(15)14-7-13(5-6-13)18-11-9(12(16)17)3-2-4-10(11)14/h2-4H,5-7H2,1H3,(H,16,17). The van der Waals surface area contributed by atoms with Crippen LogP contribution in [-0.2, 0) is 4.79 Å². The van der Waals surface area contributed by atoms with Crippen LogP contribution in [0.2, 0.25) is 0 Å². The maximum absolute atomic E-state index is 11.7. The van der Waals surface area contributed by atoms with Crippen LogP contribution < -0.4 is 9.64 Å². The third kappa shape index (κ3) is 1.54. The first kappa shape index (κ1) is 11.1. The average Bonchev–Trinajstić information content (AvgIpc) is 3.06. The van der Waals surface area contributed by atoms with E-state index in [1.54, 1.807) is 17.0 Å². The van der Waals surface area contributed by atoms with Gasteiger partial charge in [0.1, 0.15) is 11.2 Å². The number of rotatable bonds is 1. The number of hydrogen-bond donors (Lipinski definition) is 1. The van der Waals surface area contributed by atoms with Gasteiger partial charge in [-0.15, -0.1) is 0 Å². The van der Waals surface area contributed by atoms with Crippen molar-refractivity contribution in [3.63, 3.8) is 0 Å². The first-order chi connectivity index (χ1) is 8.52. The Balaban J connectivity index is 2.15. The molecule has 1 aromatic rings. The van der Waals surface area contributed by atoms with Crippen molar-refractivity contribution in [2.45, 2.75) is 25.4 Å². The van der Waals surface area contributed by atoms with Gasteiger partial charge in [-0.3, -0.25) is 4.79 Å². The summed E-state index contributed by atoms with van der Waals surface area (Å²) in [5.74, 6) is -0.801. The Kier molecular flexibility index (Phi) is 2.14. The predicted molar refractivity (Wildman–Crippen MR) is 64.0 cm³/mol. The van der Waals surface area contributed by atoms with Crippen LogP contribution in [0.15, 0.2) is 18.2 Å². The number of carboxylic acids is 1. The molecule has 5 heteroatoms. The SMILES string of the molecule is CC(=O)N1CC2(CC2)Oc2c(C(=O)O)cccc21. The van der Waals surface area contributed by atoms with Crippen LogP contribution in [-0.4, -0.2) is 29.1 Å². The molecule has 1 aliphatic carbocycles. The molecule has 1 aliphatic heterocycles. The van der Waals surface area contributed by atoms with Crippen molar-refractivity contribution in [3.8, 4) is 5.75 Å². The second-order valence-corrected chi connectivity index (χ2v) is 4.85. The van der Waals surface area contributed by atoms with Gasteiger partial charge in [-0.2, -0.15) is 0 Å². The third-order valence-corrected chi connectivity index (χ3v) is 3.47. The molecule has 2 aliphatic rings. The van der Waals surface area contributed by atoms with Crippen molar-refractivity contribution in [2.24, 2.45) is 0 Å². The monoisotopic (exact) mass is 247 g/mol. The summed E-state index contributed by atoms with van der Waals surface area (Å²) in [6, 6.07) is 4.85. The molecule has 1 spiro atoms. The molecule has 5 nitrogen and oxygen atoms in total. The Labute approximate surface area is 104 Å². The zero-order valence-corrected chi connectivity index (χ0v) is 9.97. The molecule has 0 radical (unpaired) electrons. The maximum Gasteiger partial charge on any atom is 0.339 e. The lowest BCUT2D eigenvalue weighted by atomic mass is 10.1. The summed E-state index contributed by atoms with van der Waals surface area (Å²) in [6.07, 6.45) is 1.73. The molecule has 1 N–H and O–H groups in total. The number of fused-ring (bicyclic) bond motifs is 1. The molecule has 3 rings (SSSR count). The lowest BCUT2D eigenvalue weighted by Gasteiger charge is -2.35. The molecule has 1 fully saturated rings. The van der Waals surface area contributed by atoms with Crippen molar-refractivity contribution in [1.82, 2.24) is 0 Å². The summed E-state index contributed by atoms with van der Waals surface area (Å²) >= 11 is 0. The van der Waals surface area contributed by atoms with Crippen LogP contribution in [0.4, 0.5) is 5.69 Å². The first-order valence-electron chi connectivity index (χ1n) is 5.86. The van der Waals surface area contributed by atoms with E-state index in [9.17, 15) is 14.7 Å². The van der Waals surface area contributed by atoms with E-state index in [0.29, 0.717) is 18.0 Å². The number of ether oxygens (including phenoxy) is 1. The molecule has 1 heterocycles. The van der Waals surface area contributed by atoms with Gasteiger partial charge < -0.3 is 14.7 Å². The summed E-state index contributed by atoms with van der Waals surface area (Å²) in [5.41, 5.74) is 0.314. The number of carbonyl (C=O) groups is 2. The summed E-state index contributed by atoms with van der Waals surface area (Å²) < 4.78 is 5.83. The Morgan fingerprint density at radius 2 is 2.11 bits per heavy atom. The molecule has 1 aromatic carbocycles. The Hall–Kier alpha value is -2.04. The van der Waals surface area contributed by atoms with E-state index in [2.05, 4.69) is 0 Å². The zero-order valence-electron chi connectivity index (χ0n) is 9.97. The van der Waals surface area contributed by atoms with Crippen LogP contribution in [0.5, 0.6) is 5.75 Å². The average molecular weight is 247 g/mol. The van der Waals surface area contributed by atoms with Crippen molar-refractivity contribution < 1.29 is 19.4 Å². The molecule has 1 amide bonds. The number of aromatic carboxylic acids is 1. The van der Waals surface area contributed by atoms with Gasteiger partial charge in [0.15, 0.2) is 5.75 Å². The molecule has 94 valence electrons. The summed E-state index contributed by atoms with van der Waals surface area (Å²) in [5, 5.41) is 9.17. The van der Waals surface area contributed by atoms with E-state index >= 15 is 0 Å². The van der Waals surface area contributed by atoms with Crippen LogP contribution in [0.3, 0.4) is 0 Å². The fourth-order valence-electron chi connectivity index (χ4n) is 2.32. The van der Waals surface area contributed by atoms with Crippen molar-refractivity contribution >= 4 is 17.6 Å². The van der Waals surface area contributed by atoms with E-state index < -0.39 is 5.97 Å². The number of nitrogens with zero attached hydrogens (tertiary/aromatic N) is 1. The molecule has 0 unspecified atom stereocenters. The molecular formula is C13H13NO4. The van der Waals surface area contributed by atoms with Crippen molar-refractivity contribution in [1.29, 1.82) is 0 Å². The lowest BCUT2D eigenvalue weighted by Crippen LogP contribution is -2.44. The number of carboxylic acid groups (broad SMARTS) is 1. The van der Waals surface area contributed by atoms with Crippen molar-refractivity contribution in [2.75, 3.05) is 11.4 Å². The fourth-order valence-corrected chi connectivity index (χ4v) is 2.32. The van der Waals surface area contributed by atoms with Gasteiger partial charge in [0, 0.05) is 6.92 Å². The molecular weight excluding hydrogens is 234 g/mol. The number of hydrogen-bond acceptors (Lipinski definition) is 3. The van der Waals surface area contributed by atoms with Crippen LogP contribution in [0.25, 0.3) is 0 Å². The number of para-hydroxylation sites is 1. The minimum absolute atomic E-state index is 0.0895. The molecule has 0 aromatic heterocycles. The first-order valence-corrected chi connectivity index (χ1v) is 5.86. The summed E-state index contributed by atoms with van der Waals surface area (Å²) in [6.45, 7) is 2.00. The normalized spacial score (nSPS) is 19.1. The van der Waals surface area contributed by atoms with Gasteiger partial charge in [0.05, 0.1) is 12.2 Å². The smallest absolute Gasteiger partial charge is 0.339 e. The minimum Gasteiger partial charge on any atom is -0.482 e. The highest BCUT2D eigenvalue weighted by Gasteiger charge is 2.51. The second-order valence-electron chi connectivity index (χ2n) is 4.85. The molecule has 0 atom stereocenters. The quantitative estimate of drug-likeness (QED) is 0.819. The number of anilines is 1. The van der Waals surface area contributed by atoms with E-state index in [1.807, 2.05) is 0 Å². The van der Waals surface area contributed by atoms with E-state index in [4.69, 9.17) is 4.74 Å². The Morgan fingerprint density at radius 3 is 2.67 bits per heavy atom. The van der Waals surface area contributed by atoms with E-state index in [1.165, 1.54) is 13.0 Å². The Bertz CT molecular complexity index is 548. The minimum atomic E-state index is -1.03. The Morgan fingerprint density at radius 1 is 1.39 bits per heavy atom. The van der Waals surface area contributed by atoms with Crippen molar-refractivity contribution in [3.05, 3.63) is 23.8 Å². The predicted octanol–water partition coefficient (Wildman–Crippen LogP) is 1.66. The van der Waals surface area contributed by atoms with Gasteiger partial charge in [-0.25, -0.2) is 4.79 Å². The maximum atomic E-state index is 11.7.